The minimum Gasteiger partial charge on any atom is -0.384 e. The van der Waals surface area contributed by atoms with Crippen LogP contribution in [0.15, 0.2) is 0 Å². The molecular weight excluding hydrogens is 178 g/mol. The summed E-state index contributed by atoms with van der Waals surface area (Å²) in [5.74, 6) is 1.29. The van der Waals surface area contributed by atoms with Crippen molar-refractivity contribution in [2.45, 2.75) is 26.4 Å². The SMILES string of the molecule is COCC(C)CNCC1CCOC1C. The van der Waals surface area contributed by atoms with E-state index in [1.54, 1.807) is 7.11 Å². The Morgan fingerprint density at radius 2 is 2.36 bits per heavy atom. The topological polar surface area (TPSA) is 30.5 Å². The maximum atomic E-state index is 5.51. The van der Waals surface area contributed by atoms with Gasteiger partial charge in [-0.2, -0.15) is 0 Å². The van der Waals surface area contributed by atoms with E-state index in [9.17, 15) is 0 Å². The molecule has 0 aromatic carbocycles. The zero-order valence-corrected chi connectivity index (χ0v) is 9.58. The van der Waals surface area contributed by atoms with Gasteiger partial charge in [-0.25, -0.2) is 0 Å². The molecule has 0 aromatic heterocycles. The number of nitrogens with one attached hydrogen (secondary N) is 1. The van der Waals surface area contributed by atoms with Crippen molar-refractivity contribution >= 4 is 0 Å². The molecule has 84 valence electrons. The first-order chi connectivity index (χ1) is 6.74. The average molecular weight is 201 g/mol. The average Bonchev–Trinajstić information content (AvgIpc) is 2.52. The van der Waals surface area contributed by atoms with Crippen LogP contribution in [0.25, 0.3) is 0 Å². The van der Waals surface area contributed by atoms with E-state index in [0.717, 1.165) is 26.3 Å². The molecular formula is C11H23NO2. The zero-order chi connectivity index (χ0) is 10.4. The van der Waals surface area contributed by atoms with Gasteiger partial charge in [-0.1, -0.05) is 6.92 Å². The summed E-state index contributed by atoms with van der Waals surface area (Å²) in [7, 11) is 1.75. The molecule has 0 amide bonds. The number of hydrogen-bond acceptors (Lipinski definition) is 3. The number of hydrogen-bond donors (Lipinski definition) is 1. The Bertz CT molecular complexity index is 152. The molecule has 3 atom stereocenters. The lowest BCUT2D eigenvalue weighted by atomic mass is 10.0. The highest BCUT2D eigenvalue weighted by Crippen LogP contribution is 2.19. The number of methoxy groups -OCH3 is 1. The maximum Gasteiger partial charge on any atom is 0.0588 e. The van der Waals surface area contributed by atoms with Crippen molar-refractivity contribution in [3.8, 4) is 0 Å². The minimum atomic E-state index is 0.431. The van der Waals surface area contributed by atoms with Crippen molar-refractivity contribution < 1.29 is 9.47 Å². The Balaban J connectivity index is 2.03. The van der Waals surface area contributed by atoms with E-state index in [1.807, 2.05) is 0 Å². The molecule has 0 radical (unpaired) electrons. The molecule has 1 saturated heterocycles. The van der Waals surface area contributed by atoms with Crippen molar-refractivity contribution in [1.29, 1.82) is 0 Å². The smallest absolute Gasteiger partial charge is 0.0588 e. The maximum absolute atomic E-state index is 5.51. The van der Waals surface area contributed by atoms with Crippen molar-refractivity contribution in [3.05, 3.63) is 0 Å². The van der Waals surface area contributed by atoms with Crippen molar-refractivity contribution in [2.24, 2.45) is 11.8 Å². The third kappa shape index (κ3) is 3.95. The normalized spacial score (nSPS) is 29.4. The number of rotatable bonds is 6. The fraction of sp³-hybridized carbons (Fsp3) is 1.00. The predicted octanol–water partition coefficient (Wildman–Crippen LogP) is 1.28. The summed E-state index contributed by atoms with van der Waals surface area (Å²) in [4.78, 5) is 0. The third-order valence-electron chi connectivity index (χ3n) is 2.88. The van der Waals surface area contributed by atoms with Crippen LogP contribution < -0.4 is 5.32 Å². The molecule has 3 nitrogen and oxygen atoms in total. The zero-order valence-electron chi connectivity index (χ0n) is 9.58. The Kier molecular flexibility index (Phi) is 5.45. The molecule has 1 aliphatic rings. The fourth-order valence-electron chi connectivity index (χ4n) is 1.90. The van der Waals surface area contributed by atoms with E-state index in [0.29, 0.717) is 17.9 Å². The molecule has 1 N–H and O–H groups in total. The summed E-state index contributed by atoms with van der Waals surface area (Å²) in [6, 6.07) is 0. The van der Waals surface area contributed by atoms with E-state index < -0.39 is 0 Å². The Morgan fingerprint density at radius 1 is 1.57 bits per heavy atom. The lowest BCUT2D eigenvalue weighted by Crippen LogP contribution is -2.31. The highest BCUT2D eigenvalue weighted by Gasteiger charge is 2.23. The van der Waals surface area contributed by atoms with E-state index in [1.165, 1.54) is 6.42 Å². The highest BCUT2D eigenvalue weighted by molar-refractivity contribution is 4.74. The molecule has 3 heteroatoms. The molecule has 0 spiro atoms. The number of ether oxygens (including phenoxy) is 2. The van der Waals surface area contributed by atoms with E-state index in [-0.39, 0.29) is 0 Å². The first kappa shape index (κ1) is 12.0. The van der Waals surface area contributed by atoms with Crippen LogP contribution in [-0.2, 0) is 9.47 Å². The van der Waals surface area contributed by atoms with E-state index in [4.69, 9.17) is 9.47 Å². The predicted molar refractivity (Wildman–Crippen MR) is 57.4 cm³/mol. The lowest BCUT2D eigenvalue weighted by Gasteiger charge is -2.17. The monoisotopic (exact) mass is 201 g/mol. The van der Waals surface area contributed by atoms with Gasteiger partial charge in [-0.05, 0) is 31.7 Å². The second-order valence-electron chi connectivity index (χ2n) is 4.34. The molecule has 0 aliphatic carbocycles. The Hall–Kier alpha value is -0.120. The van der Waals surface area contributed by atoms with Crippen LogP contribution in [0.2, 0.25) is 0 Å². The molecule has 0 aromatic rings. The van der Waals surface area contributed by atoms with Crippen LogP contribution in [0.1, 0.15) is 20.3 Å². The lowest BCUT2D eigenvalue weighted by molar-refractivity contribution is 0.104. The second kappa shape index (κ2) is 6.38. The first-order valence-electron chi connectivity index (χ1n) is 5.55. The molecule has 1 heterocycles. The van der Waals surface area contributed by atoms with Crippen LogP contribution in [0.3, 0.4) is 0 Å². The van der Waals surface area contributed by atoms with Gasteiger partial charge in [0.15, 0.2) is 0 Å². The summed E-state index contributed by atoms with van der Waals surface area (Å²) in [5.41, 5.74) is 0. The van der Waals surface area contributed by atoms with Gasteiger partial charge < -0.3 is 14.8 Å². The van der Waals surface area contributed by atoms with Crippen molar-refractivity contribution in [1.82, 2.24) is 5.32 Å². The first-order valence-corrected chi connectivity index (χ1v) is 5.55. The largest absolute Gasteiger partial charge is 0.384 e. The quantitative estimate of drug-likeness (QED) is 0.702. The molecule has 0 saturated carbocycles. The van der Waals surface area contributed by atoms with Crippen LogP contribution in [0.5, 0.6) is 0 Å². The Labute approximate surface area is 87.2 Å². The van der Waals surface area contributed by atoms with Crippen LogP contribution in [0, 0.1) is 11.8 Å². The van der Waals surface area contributed by atoms with E-state index in [2.05, 4.69) is 19.2 Å². The van der Waals surface area contributed by atoms with Gasteiger partial charge in [0, 0.05) is 26.9 Å². The third-order valence-corrected chi connectivity index (χ3v) is 2.88. The molecule has 14 heavy (non-hydrogen) atoms. The van der Waals surface area contributed by atoms with Gasteiger partial charge >= 0.3 is 0 Å². The van der Waals surface area contributed by atoms with Gasteiger partial charge in [0.2, 0.25) is 0 Å². The van der Waals surface area contributed by atoms with Gasteiger partial charge in [0.25, 0.3) is 0 Å². The van der Waals surface area contributed by atoms with Gasteiger partial charge in [0.1, 0.15) is 0 Å². The highest BCUT2D eigenvalue weighted by atomic mass is 16.5. The van der Waals surface area contributed by atoms with Crippen molar-refractivity contribution in [2.75, 3.05) is 33.4 Å². The van der Waals surface area contributed by atoms with Gasteiger partial charge in [0.05, 0.1) is 6.10 Å². The Morgan fingerprint density at radius 3 is 2.93 bits per heavy atom. The van der Waals surface area contributed by atoms with Crippen LogP contribution >= 0.6 is 0 Å². The van der Waals surface area contributed by atoms with Gasteiger partial charge in [-0.15, -0.1) is 0 Å². The fourth-order valence-corrected chi connectivity index (χ4v) is 1.90. The molecule has 1 aliphatic heterocycles. The molecule has 0 bridgehead atoms. The second-order valence-corrected chi connectivity index (χ2v) is 4.34. The molecule has 1 rings (SSSR count). The summed E-state index contributed by atoms with van der Waals surface area (Å²) in [6.45, 7) is 8.25. The van der Waals surface area contributed by atoms with E-state index >= 15 is 0 Å². The van der Waals surface area contributed by atoms with Crippen LogP contribution in [-0.4, -0.2) is 39.5 Å². The van der Waals surface area contributed by atoms with Crippen molar-refractivity contribution in [3.63, 3.8) is 0 Å². The summed E-state index contributed by atoms with van der Waals surface area (Å²) in [5, 5.41) is 3.48. The summed E-state index contributed by atoms with van der Waals surface area (Å²) < 4.78 is 10.6. The minimum absolute atomic E-state index is 0.431. The summed E-state index contributed by atoms with van der Waals surface area (Å²) >= 11 is 0. The van der Waals surface area contributed by atoms with Gasteiger partial charge in [-0.3, -0.25) is 0 Å². The molecule has 1 fully saturated rings. The van der Waals surface area contributed by atoms with Crippen LogP contribution in [0.4, 0.5) is 0 Å². The summed E-state index contributed by atoms with van der Waals surface area (Å²) in [6.07, 6.45) is 1.63. The standard InChI is InChI=1S/C11H23NO2/c1-9(8-13-3)6-12-7-11-4-5-14-10(11)2/h9-12H,4-8H2,1-3H3. The molecule has 3 unspecified atom stereocenters.